The van der Waals surface area contributed by atoms with E-state index in [9.17, 15) is 4.79 Å². The van der Waals surface area contributed by atoms with Crippen LogP contribution in [0, 0.1) is 12.8 Å². The molecule has 0 N–H and O–H groups in total. The number of likely N-dealkylation sites (tertiary alicyclic amines) is 2. The van der Waals surface area contributed by atoms with Crippen LogP contribution in [0.15, 0.2) is 48.8 Å². The van der Waals surface area contributed by atoms with Gasteiger partial charge in [0.1, 0.15) is 11.9 Å². The van der Waals surface area contributed by atoms with Crippen LogP contribution in [0.2, 0.25) is 0 Å². The number of hydrogen-bond acceptors (Lipinski definition) is 5. The average molecular weight is 456 g/mol. The van der Waals surface area contributed by atoms with Crippen LogP contribution in [0.5, 0.6) is 5.75 Å². The van der Waals surface area contributed by atoms with Gasteiger partial charge in [0, 0.05) is 53.8 Å². The Morgan fingerprint density at radius 2 is 2.15 bits per heavy atom. The van der Waals surface area contributed by atoms with Crippen molar-refractivity contribution < 1.29 is 14.3 Å². The zero-order valence-corrected chi connectivity index (χ0v) is 19.6. The van der Waals surface area contributed by atoms with E-state index in [0.717, 1.165) is 30.6 Å². The summed E-state index contributed by atoms with van der Waals surface area (Å²) < 4.78 is 13.0. The summed E-state index contributed by atoms with van der Waals surface area (Å²) in [5.41, 5.74) is 5.08. The molecule has 3 unspecified atom stereocenters. The molecule has 1 aromatic carbocycles. The van der Waals surface area contributed by atoms with E-state index in [2.05, 4.69) is 54.2 Å². The molecule has 0 saturated carbocycles. The largest absolute Gasteiger partial charge is 0.485 e. The molecule has 8 rings (SSSR count). The Labute approximate surface area is 199 Å². The number of pyridine rings is 1. The number of likely N-dealkylation sites (N-methyl/N-ethyl adjacent to an activating group) is 1. The fraction of sp³-hybridized carbons (Fsp3) is 0.500. The fourth-order valence-corrected chi connectivity index (χ4v) is 8.35. The van der Waals surface area contributed by atoms with Gasteiger partial charge in [-0.3, -0.25) is 9.88 Å². The monoisotopic (exact) mass is 455 g/mol. The predicted octanol–water partition coefficient (Wildman–Crippen LogP) is 4.10. The maximum atomic E-state index is 13.5. The number of hydrogen-bond donors (Lipinski definition) is 0. The SMILES string of the molecule is Cc1ccc2c3c1O[C@H]1[C@@H](OC(=O)N4CCC[C@H]4c4cccnc4)C=C[C@H]4[C@H]5C(C2C[C@@]341)N5C. The molecule has 1 aromatic heterocycles. The smallest absolute Gasteiger partial charge is 0.411 e. The molecule has 6 heteroatoms. The molecule has 6 aliphatic rings. The number of ether oxygens (including phenoxy) is 2. The summed E-state index contributed by atoms with van der Waals surface area (Å²) in [6.07, 6.45) is 10.4. The van der Waals surface area contributed by atoms with Crippen LogP contribution in [0.4, 0.5) is 4.79 Å². The summed E-state index contributed by atoms with van der Waals surface area (Å²) in [6.45, 7) is 2.86. The molecular weight excluding hydrogens is 426 g/mol. The molecule has 9 atom stereocenters. The third kappa shape index (κ3) is 2.21. The van der Waals surface area contributed by atoms with Crippen LogP contribution < -0.4 is 4.74 Å². The maximum absolute atomic E-state index is 13.5. The van der Waals surface area contributed by atoms with Gasteiger partial charge in [-0.15, -0.1) is 0 Å². The Morgan fingerprint density at radius 3 is 3.00 bits per heavy atom. The highest BCUT2D eigenvalue weighted by molar-refractivity contribution is 5.70. The quantitative estimate of drug-likeness (QED) is 0.504. The van der Waals surface area contributed by atoms with Crippen molar-refractivity contribution in [2.24, 2.45) is 5.92 Å². The van der Waals surface area contributed by atoms with Crippen LogP contribution >= 0.6 is 0 Å². The van der Waals surface area contributed by atoms with Crippen LogP contribution in [0.3, 0.4) is 0 Å². The average Bonchev–Trinajstić information content (AvgIpc) is 3.20. The number of amides is 1. The van der Waals surface area contributed by atoms with Gasteiger partial charge >= 0.3 is 6.09 Å². The first kappa shape index (κ1) is 19.4. The predicted molar refractivity (Wildman–Crippen MR) is 126 cm³/mol. The number of rotatable bonds is 2. The lowest BCUT2D eigenvalue weighted by Crippen LogP contribution is -2.56. The summed E-state index contributed by atoms with van der Waals surface area (Å²) in [5, 5.41) is 0. The van der Waals surface area contributed by atoms with Crippen molar-refractivity contribution in [2.45, 2.75) is 67.9 Å². The number of benzene rings is 1. The van der Waals surface area contributed by atoms with Crippen LogP contribution in [0.1, 0.15) is 53.5 Å². The zero-order chi connectivity index (χ0) is 22.8. The Balaban J connectivity index is 1.15. The molecule has 1 spiro atoms. The van der Waals surface area contributed by atoms with Gasteiger partial charge in [0.25, 0.3) is 0 Å². The van der Waals surface area contributed by atoms with Gasteiger partial charge in [-0.2, -0.15) is 0 Å². The molecule has 2 aromatic rings. The number of aromatic nitrogens is 1. The maximum Gasteiger partial charge on any atom is 0.411 e. The molecule has 0 radical (unpaired) electrons. The van der Waals surface area contributed by atoms with Crippen LogP contribution in [-0.2, 0) is 10.2 Å². The lowest BCUT2D eigenvalue weighted by Gasteiger charge is -2.45. The van der Waals surface area contributed by atoms with Crippen LogP contribution in [0.25, 0.3) is 0 Å². The lowest BCUT2D eigenvalue weighted by molar-refractivity contribution is -0.0232. The fourth-order valence-electron chi connectivity index (χ4n) is 8.35. The first-order valence-corrected chi connectivity index (χ1v) is 12.7. The van der Waals surface area contributed by atoms with Gasteiger partial charge < -0.3 is 14.4 Å². The van der Waals surface area contributed by atoms with Gasteiger partial charge in [-0.05, 0) is 62.1 Å². The zero-order valence-electron chi connectivity index (χ0n) is 19.6. The Kier molecular flexibility index (Phi) is 3.67. The van der Waals surface area contributed by atoms with E-state index in [1.54, 1.807) is 6.20 Å². The van der Waals surface area contributed by atoms with Gasteiger partial charge in [0.05, 0.1) is 6.04 Å². The molecule has 1 amide bonds. The highest BCUT2D eigenvalue weighted by Gasteiger charge is 2.74. The molecule has 2 bridgehead atoms. The molecule has 2 saturated heterocycles. The standard InChI is InChI=1S/C28H29N3O3/c1-15-7-8-17-18-13-28-19(24-23(18)30(24)2)9-10-21(26(28)34-25(15)22(17)28)33-27(32)31-12-4-6-20(31)16-5-3-11-29-14-16/h3,5,7-11,14,18-21,23-24,26H,4,6,12-13H2,1-2H3/t18?,19-,20-,21-,23?,24-,26-,28-,30?/m0/s1. The summed E-state index contributed by atoms with van der Waals surface area (Å²) in [5.74, 6) is 2.03. The van der Waals surface area contributed by atoms with Gasteiger partial charge in [0.15, 0.2) is 6.10 Å². The van der Waals surface area contributed by atoms with Gasteiger partial charge in [-0.1, -0.05) is 24.3 Å². The Hall–Kier alpha value is -2.86. The van der Waals surface area contributed by atoms with E-state index in [-0.39, 0.29) is 29.8 Å². The van der Waals surface area contributed by atoms with Gasteiger partial charge in [0.2, 0.25) is 0 Å². The van der Waals surface area contributed by atoms with Crippen molar-refractivity contribution in [1.29, 1.82) is 0 Å². The van der Waals surface area contributed by atoms with Crippen molar-refractivity contribution in [1.82, 2.24) is 14.8 Å². The number of fused-ring (bicyclic) bond motifs is 3. The van der Waals surface area contributed by atoms with Crippen LogP contribution in [-0.4, -0.2) is 58.8 Å². The minimum atomic E-state index is -0.377. The minimum absolute atomic E-state index is 0.0293. The summed E-state index contributed by atoms with van der Waals surface area (Å²) in [4.78, 5) is 22.2. The van der Waals surface area contributed by atoms with E-state index in [1.807, 2.05) is 17.2 Å². The van der Waals surface area contributed by atoms with E-state index in [4.69, 9.17) is 9.47 Å². The molecule has 3 aliphatic carbocycles. The summed E-state index contributed by atoms with van der Waals surface area (Å²) >= 11 is 0. The molecule has 4 heterocycles. The highest BCUT2D eigenvalue weighted by Crippen LogP contribution is 2.71. The lowest BCUT2D eigenvalue weighted by atomic mass is 9.59. The number of aryl methyl sites for hydroxylation is 1. The van der Waals surface area contributed by atoms with Gasteiger partial charge in [-0.25, -0.2) is 4.79 Å². The second kappa shape index (κ2) is 6.42. The molecule has 174 valence electrons. The van der Waals surface area contributed by atoms with Crippen molar-refractivity contribution >= 4 is 6.09 Å². The van der Waals surface area contributed by atoms with E-state index in [1.165, 1.54) is 16.7 Å². The molecule has 34 heavy (non-hydrogen) atoms. The minimum Gasteiger partial charge on any atom is -0.485 e. The first-order chi connectivity index (χ1) is 16.6. The first-order valence-electron chi connectivity index (χ1n) is 12.7. The molecule has 3 aliphatic heterocycles. The third-order valence-corrected chi connectivity index (χ3v) is 9.74. The highest BCUT2D eigenvalue weighted by atomic mass is 16.6. The summed E-state index contributed by atoms with van der Waals surface area (Å²) in [7, 11) is 2.26. The number of carbonyl (C=O) groups excluding carboxylic acids is 1. The second-order valence-corrected chi connectivity index (χ2v) is 11.1. The van der Waals surface area contributed by atoms with Crippen molar-refractivity contribution in [3.63, 3.8) is 0 Å². The normalized spacial score (nSPS) is 41.6. The summed E-state index contributed by atoms with van der Waals surface area (Å²) in [6, 6.07) is 9.76. The van der Waals surface area contributed by atoms with E-state index < -0.39 is 0 Å². The van der Waals surface area contributed by atoms with Crippen molar-refractivity contribution in [3.8, 4) is 5.75 Å². The Morgan fingerprint density at radius 1 is 1.24 bits per heavy atom. The van der Waals surface area contributed by atoms with Crippen molar-refractivity contribution in [3.05, 3.63) is 71.1 Å². The van der Waals surface area contributed by atoms with E-state index >= 15 is 0 Å². The Bertz CT molecular complexity index is 1240. The third-order valence-electron chi connectivity index (χ3n) is 9.74. The second-order valence-electron chi connectivity index (χ2n) is 11.1. The number of nitrogens with zero attached hydrogens (tertiary/aromatic N) is 3. The molecule has 6 nitrogen and oxygen atoms in total. The van der Waals surface area contributed by atoms with Crippen molar-refractivity contribution in [2.75, 3.05) is 13.6 Å². The molecular formula is C28H29N3O3. The van der Waals surface area contributed by atoms with E-state index in [0.29, 0.717) is 30.5 Å². The molecule has 2 fully saturated rings. The number of carbonyl (C=O) groups is 1. The topological polar surface area (TPSA) is 54.7 Å².